The maximum Gasteiger partial charge on any atom is 0.161 e. The Labute approximate surface area is 118 Å². The van der Waals surface area contributed by atoms with Gasteiger partial charge in [-0.05, 0) is 13.0 Å². The van der Waals surface area contributed by atoms with Crippen LogP contribution in [0.3, 0.4) is 0 Å². The van der Waals surface area contributed by atoms with E-state index in [9.17, 15) is 0 Å². The molecule has 0 saturated heterocycles. The quantitative estimate of drug-likeness (QED) is 0.636. The molecule has 108 valence electrons. The molecule has 0 fully saturated rings. The minimum atomic E-state index is -0.271. The number of hydrogen-bond acceptors (Lipinski definition) is 5. The highest BCUT2D eigenvalue weighted by atomic mass is 16.5. The van der Waals surface area contributed by atoms with Crippen LogP contribution in [0.2, 0.25) is 0 Å². The van der Waals surface area contributed by atoms with Crippen LogP contribution in [0.5, 0.6) is 11.5 Å². The first kappa shape index (κ1) is 14.4. The van der Waals surface area contributed by atoms with Gasteiger partial charge in [0.1, 0.15) is 11.4 Å². The van der Waals surface area contributed by atoms with Crippen LogP contribution in [0.15, 0.2) is 24.4 Å². The van der Waals surface area contributed by atoms with Crippen LogP contribution in [0.4, 0.5) is 0 Å². The molecule has 0 bridgehead atoms. The molecule has 1 atom stereocenters. The average molecular weight is 276 g/mol. The van der Waals surface area contributed by atoms with E-state index in [0.717, 1.165) is 22.6 Å². The van der Waals surface area contributed by atoms with Crippen LogP contribution < -0.4 is 20.7 Å². The summed E-state index contributed by atoms with van der Waals surface area (Å²) in [5, 5.41) is 4.21. The van der Waals surface area contributed by atoms with Crippen molar-refractivity contribution in [1.29, 1.82) is 0 Å². The molecule has 20 heavy (non-hydrogen) atoms. The normalized spacial score (nSPS) is 12.2. The number of aromatic nitrogens is 2. The van der Waals surface area contributed by atoms with E-state index in [-0.39, 0.29) is 6.04 Å². The fourth-order valence-electron chi connectivity index (χ4n) is 2.31. The molecule has 2 aromatic rings. The first-order valence-electron chi connectivity index (χ1n) is 6.29. The molecule has 1 aromatic carbocycles. The summed E-state index contributed by atoms with van der Waals surface area (Å²) in [6, 6.07) is 5.69. The summed E-state index contributed by atoms with van der Waals surface area (Å²) in [6.45, 7) is 2.02. The average Bonchev–Trinajstić information content (AvgIpc) is 2.82. The molecule has 0 aliphatic heterocycles. The number of aryl methyl sites for hydroxylation is 2. The Morgan fingerprint density at radius 1 is 1.25 bits per heavy atom. The zero-order valence-electron chi connectivity index (χ0n) is 12.2. The number of rotatable bonds is 5. The number of ether oxygens (including phenoxy) is 2. The van der Waals surface area contributed by atoms with Crippen molar-refractivity contribution in [3.05, 3.63) is 41.2 Å². The highest BCUT2D eigenvalue weighted by molar-refractivity contribution is 5.45. The Kier molecular flexibility index (Phi) is 4.26. The first-order valence-corrected chi connectivity index (χ1v) is 6.29. The molecule has 6 heteroatoms. The molecule has 1 heterocycles. The van der Waals surface area contributed by atoms with Gasteiger partial charge in [-0.15, -0.1) is 0 Å². The second-order valence-corrected chi connectivity index (χ2v) is 4.57. The molecule has 3 N–H and O–H groups in total. The molecule has 1 aromatic heterocycles. The van der Waals surface area contributed by atoms with E-state index in [1.165, 1.54) is 0 Å². The lowest BCUT2D eigenvalue weighted by Gasteiger charge is -2.21. The van der Waals surface area contributed by atoms with E-state index in [2.05, 4.69) is 10.5 Å². The van der Waals surface area contributed by atoms with Gasteiger partial charge in [0.15, 0.2) is 5.75 Å². The van der Waals surface area contributed by atoms with Gasteiger partial charge >= 0.3 is 0 Å². The minimum absolute atomic E-state index is 0.271. The molecule has 0 aliphatic carbocycles. The van der Waals surface area contributed by atoms with Crippen molar-refractivity contribution in [3.8, 4) is 11.5 Å². The lowest BCUT2D eigenvalue weighted by Crippen LogP contribution is -2.31. The van der Waals surface area contributed by atoms with Gasteiger partial charge in [-0.3, -0.25) is 10.5 Å². The Balaban J connectivity index is 2.57. The van der Waals surface area contributed by atoms with Gasteiger partial charge in [0.2, 0.25) is 0 Å². The fourth-order valence-corrected chi connectivity index (χ4v) is 2.31. The van der Waals surface area contributed by atoms with E-state index in [1.807, 2.05) is 32.2 Å². The van der Waals surface area contributed by atoms with Crippen LogP contribution in [-0.4, -0.2) is 24.0 Å². The van der Waals surface area contributed by atoms with Crippen molar-refractivity contribution in [2.24, 2.45) is 12.9 Å². The Morgan fingerprint density at radius 3 is 2.55 bits per heavy atom. The molecule has 1 unspecified atom stereocenters. The molecule has 0 aliphatic rings. The monoisotopic (exact) mass is 276 g/mol. The lowest BCUT2D eigenvalue weighted by molar-refractivity contribution is 0.390. The number of nitrogens with two attached hydrogens (primary N) is 1. The van der Waals surface area contributed by atoms with Crippen molar-refractivity contribution in [2.75, 3.05) is 14.2 Å². The topological polar surface area (TPSA) is 74.3 Å². The minimum Gasteiger partial charge on any atom is -0.496 e. The molecule has 0 radical (unpaired) electrons. The number of nitrogens with one attached hydrogen (secondary N) is 1. The van der Waals surface area contributed by atoms with E-state index < -0.39 is 0 Å². The van der Waals surface area contributed by atoms with Crippen LogP contribution in [0, 0.1) is 6.92 Å². The van der Waals surface area contributed by atoms with Gasteiger partial charge in [-0.25, -0.2) is 5.43 Å². The third kappa shape index (κ3) is 2.48. The third-order valence-corrected chi connectivity index (χ3v) is 3.31. The standard InChI is InChI=1S/C14H20N4O2/c1-9-5-6-11(19-3)10(7-9)13(17-15)14-12(20-4)8-16-18(14)2/h5-8,13,17H,15H2,1-4H3. The molecule has 0 saturated carbocycles. The summed E-state index contributed by atoms with van der Waals surface area (Å²) >= 11 is 0. The zero-order chi connectivity index (χ0) is 14.7. The molecule has 2 rings (SSSR count). The van der Waals surface area contributed by atoms with E-state index >= 15 is 0 Å². The highest BCUT2D eigenvalue weighted by Crippen LogP contribution is 2.34. The number of hydrazine groups is 1. The van der Waals surface area contributed by atoms with Crippen molar-refractivity contribution in [2.45, 2.75) is 13.0 Å². The van der Waals surface area contributed by atoms with Crippen molar-refractivity contribution in [1.82, 2.24) is 15.2 Å². The number of hydrogen-bond donors (Lipinski definition) is 2. The van der Waals surface area contributed by atoms with Crippen molar-refractivity contribution in [3.63, 3.8) is 0 Å². The van der Waals surface area contributed by atoms with E-state index in [0.29, 0.717) is 5.75 Å². The first-order chi connectivity index (χ1) is 9.62. The summed E-state index contributed by atoms with van der Waals surface area (Å²) in [6.07, 6.45) is 1.67. The van der Waals surface area contributed by atoms with Gasteiger partial charge in [0, 0.05) is 12.6 Å². The summed E-state index contributed by atoms with van der Waals surface area (Å²) in [7, 11) is 5.11. The molecule has 0 spiro atoms. The summed E-state index contributed by atoms with van der Waals surface area (Å²) in [4.78, 5) is 0. The van der Waals surface area contributed by atoms with Gasteiger partial charge in [-0.2, -0.15) is 5.10 Å². The fraction of sp³-hybridized carbons (Fsp3) is 0.357. The maximum atomic E-state index is 5.76. The molecular weight excluding hydrogens is 256 g/mol. The number of benzene rings is 1. The van der Waals surface area contributed by atoms with Crippen LogP contribution in [0.1, 0.15) is 22.9 Å². The van der Waals surface area contributed by atoms with Crippen LogP contribution in [0.25, 0.3) is 0 Å². The van der Waals surface area contributed by atoms with Gasteiger partial charge in [-0.1, -0.05) is 17.7 Å². The lowest BCUT2D eigenvalue weighted by atomic mass is 10.0. The van der Waals surface area contributed by atoms with Crippen LogP contribution in [-0.2, 0) is 7.05 Å². The Bertz CT molecular complexity index is 595. The maximum absolute atomic E-state index is 5.76. The van der Waals surface area contributed by atoms with Gasteiger partial charge in [0.25, 0.3) is 0 Å². The highest BCUT2D eigenvalue weighted by Gasteiger charge is 2.24. The predicted molar refractivity (Wildman–Crippen MR) is 76.7 cm³/mol. The van der Waals surface area contributed by atoms with E-state index in [1.54, 1.807) is 25.1 Å². The molecular formula is C14H20N4O2. The van der Waals surface area contributed by atoms with E-state index in [4.69, 9.17) is 15.3 Å². The van der Waals surface area contributed by atoms with Crippen molar-refractivity contribution >= 4 is 0 Å². The smallest absolute Gasteiger partial charge is 0.161 e. The molecule has 6 nitrogen and oxygen atoms in total. The summed E-state index contributed by atoms with van der Waals surface area (Å²) in [5.41, 5.74) is 5.73. The molecule has 0 amide bonds. The third-order valence-electron chi connectivity index (χ3n) is 3.31. The summed E-state index contributed by atoms with van der Waals surface area (Å²) in [5.74, 6) is 7.21. The number of methoxy groups -OCH3 is 2. The Hall–Kier alpha value is -2.05. The SMILES string of the molecule is COc1ccc(C)cc1C(NN)c1c(OC)cnn1C. The number of nitrogens with zero attached hydrogens (tertiary/aromatic N) is 2. The second-order valence-electron chi connectivity index (χ2n) is 4.57. The zero-order valence-corrected chi connectivity index (χ0v) is 12.2. The largest absolute Gasteiger partial charge is 0.496 e. The summed E-state index contributed by atoms with van der Waals surface area (Å²) < 4.78 is 12.5. The Morgan fingerprint density at radius 2 is 1.95 bits per heavy atom. The van der Waals surface area contributed by atoms with Gasteiger partial charge in [0.05, 0.1) is 26.5 Å². The predicted octanol–water partition coefficient (Wildman–Crippen LogP) is 1.30. The second kappa shape index (κ2) is 5.94. The van der Waals surface area contributed by atoms with Crippen molar-refractivity contribution < 1.29 is 9.47 Å². The van der Waals surface area contributed by atoms with Crippen LogP contribution >= 0.6 is 0 Å². The van der Waals surface area contributed by atoms with Gasteiger partial charge < -0.3 is 9.47 Å².